The van der Waals surface area contributed by atoms with Crippen LogP contribution in [0, 0.1) is 5.82 Å². The summed E-state index contributed by atoms with van der Waals surface area (Å²) in [5.74, 6) is -0.0277. The lowest BCUT2D eigenvalue weighted by atomic mass is 9.85. The molecule has 5 rings (SSSR count). The zero-order valence-corrected chi connectivity index (χ0v) is 23.3. The van der Waals surface area contributed by atoms with Crippen LogP contribution in [0.25, 0.3) is 22.6 Å². The molecule has 216 valence electrons. The van der Waals surface area contributed by atoms with E-state index < -0.39 is 27.5 Å². The largest absolute Gasteiger partial charge is 0.437 e. The first-order chi connectivity index (χ1) is 19.7. The lowest BCUT2D eigenvalue weighted by molar-refractivity contribution is -0.0950. The Balaban J connectivity index is 1.34. The smallest absolute Gasteiger partial charge is 0.238 e. The van der Waals surface area contributed by atoms with E-state index in [1.807, 2.05) is 36.4 Å². The van der Waals surface area contributed by atoms with Gasteiger partial charge in [0.2, 0.25) is 15.9 Å². The molecule has 4 aromatic rings. The van der Waals surface area contributed by atoms with Crippen LogP contribution in [-0.4, -0.2) is 45.4 Å². The highest BCUT2D eigenvalue weighted by Crippen LogP contribution is 2.37. The predicted molar refractivity (Wildman–Crippen MR) is 149 cm³/mol. The van der Waals surface area contributed by atoms with E-state index in [1.54, 1.807) is 19.2 Å². The highest BCUT2D eigenvalue weighted by atomic mass is 32.2. The number of aliphatic hydroxyl groups is 1. The third-order valence-corrected chi connectivity index (χ3v) is 8.07. The van der Waals surface area contributed by atoms with Gasteiger partial charge in [0.05, 0.1) is 23.7 Å². The van der Waals surface area contributed by atoms with Crippen LogP contribution in [0.1, 0.15) is 36.0 Å². The second kappa shape index (κ2) is 12.2. The molecule has 0 saturated carbocycles. The van der Waals surface area contributed by atoms with Gasteiger partial charge in [0.15, 0.2) is 11.9 Å². The minimum absolute atomic E-state index is 0.0230. The van der Waals surface area contributed by atoms with Crippen LogP contribution in [0.15, 0.2) is 82.1 Å². The molecule has 41 heavy (non-hydrogen) atoms. The predicted octanol–water partition coefficient (Wildman–Crippen LogP) is 4.70. The molecule has 9 nitrogen and oxygen atoms in total. The Hall–Kier alpha value is -3.45. The number of nitrogens with zero attached hydrogens (tertiary/aromatic N) is 1. The lowest BCUT2D eigenvalue weighted by Gasteiger charge is -2.36. The molecule has 1 fully saturated rings. The fourth-order valence-corrected chi connectivity index (χ4v) is 5.45. The number of ether oxygens (including phenoxy) is 3. The number of halogens is 1. The van der Waals surface area contributed by atoms with Gasteiger partial charge in [0.1, 0.15) is 11.5 Å². The quantitative estimate of drug-likeness (QED) is 0.275. The molecule has 0 spiro atoms. The van der Waals surface area contributed by atoms with Gasteiger partial charge in [0.25, 0.3) is 0 Å². The van der Waals surface area contributed by atoms with Crippen LogP contribution in [0.2, 0.25) is 0 Å². The zero-order chi connectivity index (χ0) is 29.0. The van der Waals surface area contributed by atoms with Crippen LogP contribution in [0.3, 0.4) is 0 Å². The fraction of sp³-hybridized carbons (Fsp3) is 0.300. The highest BCUT2D eigenvalue weighted by molar-refractivity contribution is 7.89. The van der Waals surface area contributed by atoms with Gasteiger partial charge in [-0.15, -0.1) is 0 Å². The lowest BCUT2D eigenvalue weighted by Crippen LogP contribution is -2.35. The summed E-state index contributed by atoms with van der Waals surface area (Å²) in [6.45, 7) is 0.948. The Morgan fingerprint density at radius 3 is 2.41 bits per heavy atom. The normalized spacial score (nSPS) is 16.0. The standard InChI is InChI=1S/C30H31FN2O7S/c1-37-30(11-13-38-14-12-30)23-15-20(16-24(31)17-23)18-39-19-26(34)29-33-27(21-5-3-2-4-6-21)28(40-29)22-7-9-25(10-8-22)41(32,35)36/h2-10,15-17,26,34H,11-14,18-19H2,1H3,(H2,32,35,36). The van der Waals surface area contributed by atoms with Gasteiger partial charge in [-0.05, 0) is 47.5 Å². The molecule has 3 aromatic carbocycles. The minimum Gasteiger partial charge on any atom is -0.437 e. The van der Waals surface area contributed by atoms with E-state index >= 15 is 0 Å². The van der Waals surface area contributed by atoms with Gasteiger partial charge in [-0.1, -0.05) is 36.4 Å². The third-order valence-electron chi connectivity index (χ3n) is 7.14. The molecule has 11 heteroatoms. The Labute approximate surface area is 237 Å². The first kappa shape index (κ1) is 29.1. The Morgan fingerprint density at radius 2 is 1.76 bits per heavy atom. The summed E-state index contributed by atoms with van der Waals surface area (Å²) in [7, 11) is -2.24. The number of hydrogen-bond donors (Lipinski definition) is 2. The molecule has 1 saturated heterocycles. The second-order valence-electron chi connectivity index (χ2n) is 9.86. The van der Waals surface area contributed by atoms with E-state index in [0.717, 1.165) is 11.1 Å². The number of oxazole rings is 1. The average Bonchev–Trinajstić information content (AvgIpc) is 3.43. The van der Waals surface area contributed by atoms with Crippen molar-refractivity contribution in [3.05, 3.63) is 95.6 Å². The topological polar surface area (TPSA) is 134 Å². The maximum absolute atomic E-state index is 14.5. The van der Waals surface area contributed by atoms with E-state index in [1.165, 1.54) is 24.3 Å². The van der Waals surface area contributed by atoms with Gasteiger partial charge in [-0.25, -0.2) is 22.9 Å². The van der Waals surface area contributed by atoms with Crippen molar-refractivity contribution in [1.82, 2.24) is 4.98 Å². The van der Waals surface area contributed by atoms with E-state index in [0.29, 0.717) is 48.6 Å². The van der Waals surface area contributed by atoms with Crippen LogP contribution < -0.4 is 5.14 Å². The number of aromatic nitrogens is 1. The first-order valence-corrected chi connectivity index (χ1v) is 14.6. The van der Waals surface area contributed by atoms with Crippen molar-refractivity contribution in [3.63, 3.8) is 0 Å². The van der Waals surface area contributed by atoms with Crippen LogP contribution in [-0.2, 0) is 36.4 Å². The SMILES string of the molecule is COC1(c2cc(F)cc(COCC(O)c3nc(-c4ccccc4)c(-c4ccc(S(N)(=O)=O)cc4)o3)c2)CCOCC1. The van der Waals surface area contributed by atoms with Gasteiger partial charge in [-0.3, -0.25) is 0 Å². The monoisotopic (exact) mass is 582 g/mol. The molecule has 1 aliphatic heterocycles. The summed E-state index contributed by atoms with van der Waals surface area (Å²) in [5, 5.41) is 16.1. The molecule has 0 radical (unpaired) electrons. The highest BCUT2D eigenvalue weighted by Gasteiger charge is 2.35. The maximum Gasteiger partial charge on any atom is 0.238 e. The molecule has 1 atom stereocenters. The number of rotatable bonds is 10. The Bertz CT molecular complexity index is 1590. The molecule has 1 unspecified atom stereocenters. The van der Waals surface area contributed by atoms with E-state index in [9.17, 15) is 17.9 Å². The molecule has 1 aromatic heterocycles. The molecular formula is C30H31FN2O7S. The van der Waals surface area contributed by atoms with Crippen molar-refractivity contribution in [2.75, 3.05) is 26.9 Å². The average molecular weight is 583 g/mol. The number of benzene rings is 3. The molecule has 1 aliphatic rings. The Kier molecular flexibility index (Phi) is 8.64. The molecule has 0 aliphatic carbocycles. The summed E-state index contributed by atoms with van der Waals surface area (Å²) < 4.78 is 60.9. The van der Waals surface area contributed by atoms with Crippen molar-refractivity contribution in [2.24, 2.45) is 5.14 Å². The second-order valence-corrected chi connectivity index (χ2v) is 11.4. The number of hydrogen-bond acceptors (Lipinski definition) is 8. The number of primary sulfonamides is 1. The van der Waals surface area contributed by atoms with Crippen molar-refractivity contribution in [3.8, 4) is 22.6 Å². The van der Waals surface area contributed by atoms with E-state index in [-0.39, 0.29) is 24.0 Å². The minimum atomic E-state index is -3.86. The van der Waals surface area contributed by atoms with Crippen molar-refractivity contribution < 1.29 is 36.5 Å². The number of aliphatic hydroxyl groups excluding tert-OH is 1. The van der Waals surface area contributed by atoms with Gasteiger partial charge < -0.3 is 23.7 Å². The summed E-state index contributed by atoms with van der Waals surface area (Å²) in [6, 6.07) is 19.8. The van der Waals surface area contributed by atoms with Gasteiger partial charge in [0, 0.05) is 44.3 Å². The third kappa shape index (κ3) is 6.56. The van der Waals surface area contributed by atoms with Crippen molar-refractivity contribution in [2.45, 2.75) is 36.0 Å². The summed E-state index contributed by atoms with van der Waals surface area (Å²) >= 11 is 0. The van der Waals surface area contributed by atoms with E-state index in [4.69, 9.17) is 23.8 Å². The summed E-state index contributed by atoms with van der Waals surface area (Å²) in [4.78, 5) is 4.50. The maximum atomic E-state index is 14.5. The van der Waals surface area contributed by atoms with Crippen molar-refractivity contribution in [1.29, 1.82) is 0 Å². The number of nitrogens with two attached hydrogens (primary N) is 1. The molecular weight excluding hydrogens is 551 g/mol. The Morgan fingerprint density at radius 1 is 1.05 bits per heavy atom. The fourth-order valence-electron chi connectivity index (χ4n) is 4.93. The summed E-state index contributed by atoms with van der Waals surface area (Å²) in [6.07, 6.45) is 0.0173. The van der Waals surface area contributed by atoms with Crippen LogP contribution in [0.4, 0.5) is 4.39 Å². The van der Waals surface area contributed by atoms with Gasteiger partial charge in [-0.2, -0.15) is 0 Å². The molecule has 3 N–H and O–H groups in total. The van der Waals surface area contributed by atoms with Crippen LogP contribution in [0.5, 0.6) is 0 Å². The zero-order valence-electron chi connectivity index (χ0n) is 22.5. The molecule has 2 heterocycles. The van der Waals surface area contributed by atoms with E-state index in [2.05, 4.69) is 4.98 Å². The first-order valence-electron chi connectivity index (χ1n) is 13.1. The van der Waals surface area contributed by atoms with Crippen molar-refractivity contribution >= 4 is 10.0 Å². The molecule has 0 bridgehead atoms. The number of sulfonamides is 1. The summed E-state index contributed by atoms with van der Waals surface area (Å²) in [5.41, 5.74) is 2.47. The van der Waals surface area contributed by atoms with Gasteiger partial charge >= 0.3 is 0 Å². The molecule has 0 amide bonds. The van der Waals surface area contributed by atoms with Crippen LogP contribution >= 0.6 is 0 Å². The number of methoxy groups -OCH3 is 1.